The molecule has 1 aromatic carbocycles. The summed E-state index contributed by atoms with van der Waals surface area (Å²) >= 11 is 0. The Morgan fingerprint density at radius 2 is 2.06 bits per heavy atom. The van der Waals surface area contributed by atoms with E-state index in [9.17, 15) is 9.90 Å². The second-order valence-electron chi connectivity index (χ2n) is 4.45. The van der Waals surface area contributed by atoms with E-state index in [1.54, 1.807) is 12.1 Å². The van der Waals surface area contributed by atoms with Gasteiger partial charge in [-0.25, -0.2) is 0 Å². The molecule has 3 heteroatoms. The molecule has 0 amide bonds. The molecule has 0 heterocycles. The number of phenolic OH excluding ortho intramolecular Hbond substituents is 1. The van der Waals surface area contributed by atoms with Crippen LogP contribution in [-0.4, -0.2) is 16.2 Å². The lowest BCUT2D eigenvalue weighted by molar-refractivity contribution is -0.136. The fourth-order valence-corrected chi connectivity index (χ4v) is 1.65. The Morgan fingerprint density at radius 1 is 1.38 bits per heavy atom. The number of phenols is 1. The largest absolute Gasteiger partial charge is 0.508 e. The summed E-state index contributed by atoms with van der Waals surface area (Å²) in [4.78, 5) is 10.5. The van der Waals surface area contributed by atoms with E-state index in [1.807, 2.05) is 6.07 Å². The van der Waals surface area contributed by atoms with Gasteiger partial charge in [0, 0.05) is 6.42 Å². The fraction of sp³-hybridized carbons (Fsp3) is 0.462. The van der Waals surface area contributed by atoms with Crippen molar-refractivity contribution < 1.29 is 15.0 Å². The summed E-state index contributed by atoms with van der Waals surface area (Å²) in [5.74, 6) is -0.0214. The van der Waals surface area contributed by atoms with E-state index >= 15 is 0 Å². The molecule has 0 fully saturated rings. The first-order chi connectivity index (χ1) is 7.49. The van der Waals surface area contributed by atoms with E-state index in [1.165, 1.54) is 0 Å². The van der Waals surface area contributed by atoms with Crippen LogP contribution in [0.3, 0.4) is 0 Å². The summed E-state index contributed by atoms with van der Waals surface area (Å²) in [6, 6.07) is 5.33. The van der Waals surface area contributed by atoms with Crippen molar-refractivity contribution >= 4 is 5.97 Å². The summed E-state index contributed by atoms with van der Waals surface area (Å²) in [5.41, 5.74) is 1.87. The monoisotopic (exact) mass is 222 g/mol. The van der Waals surface area contributed by atoms with Crippen LogP contribution in [0.15, 0.2) is 18.2 Å². The molecule has 0 aromatic heterocycles. The van der Waals surface area contributed by atoms with Crippen molar-refractivity contribution in [3.8, 4) is 5.75 Å². The maximum absolute atomic E-state index is 10.5. The third kappa shape index (κ3) is 3.93. The third-order valence-corrected chi connectivity index (χ3v) is 2.40. The molecule has 0 aliphatic heterocycles. The van der Waals surface area contributed by atoms with E-state index < -0.39 is 5.97 Å². The van der Waals surface area contributed by atoms with Gasteiger partial charge < -0.3 is 10.2 Å². The van der Waals surface area contributed by atoms with Crippen LogP contribution < -0.4 is 0 Å². The summed E-state index contributed by atoms with van der Waals surface area (Å²) in [6.45, 7) is 4.17. The molecule has 3 nitrogen and oxygen atoms in total. The Labute approximate surface area is 95.7 Å². The molecule has 1 rings (SSSR count). The number of benzene rings is 1. The Hall–Kier alpha value is -1.51. The van der Waals surface area contributed by atoms with Crippen molar-refractivity contribution in [3.05, 3.63) is 29.3 Å². The summed E-state index contributed by atoms with van der Waals surface area (Å²) in [5, 5.41) is 18.2. The predicted octanol–water partition coefficient (Wildman–Crippen LogP) is 2.61. The van der Waals surface area contributed by atoms with Gasteiger partial charge in [0.05, 0.1) is 0 Å². The van der Waals surface area contributed by atoms with Gasteiger partial charge in [-0.15, -0.1) is 0 Å². The number of aliphatic carboxylic acids is 1. The SMILES string of the molecule is CC(C)Cc1cc(CCC(=O)O)ccc1O. The van der Waals surface area contributed by atoms with Crippen molar-refractivity contribution in [2.24, 2.45) is 5.92 Å². The lowest BCUT2D eigenvalue weighted by Gasteiger charge is -2.09. The molecule has 16 heavy (non-hydrogen) atoms. The topological polar surface area (TPSA) is 57.5 Å². The zero-order chi connectivity index (χ0) is 12.1. The third-order valence-electron chi connectivity index (χ3n) is 2.40. The van der Waals surface area contributed by atoms with Crippen molar-refractivity contribution in [2.75, 3.05) is 0 Å². The van der Waals surface area contributed by atoms with Gasteiger partial charge in [0.25, 0.3) is 0 Å². The minimum absolute atomic E-state index is 0.131. The number of hydrogen-bond acceptors (Lipinski definition) is 2. The molecule has 88 valence electrons. The molecular weight excluding hydrogens is 204 g/mol. The highest BCUT2D eigenvalue weighted by Gasteiger charge is 2.06. The molecule has 0 atom stereocenters. The molecule has 0 unspecified atom stereocenters. The first-order valence-corrected chi connectivity index (χ1v) is 5.51. The van der Waals surface area contributed by atoms with Crippen LogP contribution in [0.1, 0.15) is 31.4 Å². The average Bonchev–Trinajstić information content (AvgIpc) is 2.18. The first-order valence-electron chi connectivity index (χ1n) is 5.51. The molecule has 0 saturated heterocycles. The van der Waals surface area contributed by atoms with E-state index in [4.69, 9.17) is 5.11 Å². The maximum Gasteiger partial charge on any atom is 0.303 e. The van der Waals surface area contributed by atoms with Gasteiger partial charge in [-0.3, -0.25) is 4.79 Å². The fourth-order valence-electron chi connectivity index (χ4n) is 1.65. The number of aromatic hydroxyl groups is 1. The number of carboxylic acid groups (broad SMARTS) is 1. The van der Waals surface area contributed by atoms with E-state index in [0.717, 1.165) is 17.5 Å². The first kappa shape index (κ1) is 12.6. The summed E-state index contributed by atoms with van der Waals surface area (Å²) < 4.78 is 0. The Balaban J connectivity index is 2.76. The lowest BCUT2D eigenvalue weighted by atomic mass is 9.98. The van der Waals surface area contributed by atoms with Crippen molar-refractivity contribution in [2.45, 2.75) is 33.1 Å². The number of carbonyl (C=O) groups is 1. The van der Waals surface area contributed by atoms with E-state index in [0.29, 0.717) is 18.1 Å². The smallest absolute Gasteiger partial charge is 0.303 e. The normalized spacial score (nSPS) is 10.7. The molecule has 0 radical (unpaired) electrons. The molecule has 0 aliphatic carbocycles. The van der Waals surface area contributed by atoms with Crippen LogP contribution >= 0.6 is 0 Å². The van der Waals surface area contributed by atoms with Crippen molar-refractivity contribution in [1.82, 2.24) is 0 Å². The van der Waals surface area contributed by atoms with Gasteiger partial charge in [-0.2, -0.15) is 0 Å². The standard InChI is InChI=1S/C13H18O3/c1-9(2)7-11-8-10(3-5-12(11)14)4-6-13(15)16/h3,5,8-9,14H,4,6-7H2,1-2H3,(H,15,16). The number of rotatable bonds is 5. The minimum Gasteiger partial charge on any atom is -0.508 e. The van der Waals surface area contributed by atoms with Crippen LogP contribution in [-0.2, 0) is 17.6 Å². The molecule has 2 N–H and O–H groups in total. The minimum atomic E-state index is -0.793. The quantitative estimate of drug-likeness (QED) is 0.805. The Morgan fingerprint density at radius 3 is 2.62 bits per heavy atom. The Bertz CT molecular complexity index is 369. The van der Waals surface area contributed by atoms with Crippen LogP contribution in [0.2, 0.25) is 0 Å². The van der Waals surface area contributed by atoms with Crippen LogP contribution in [0.25, 0.3) is 0 Å². The summed E-state index contributed by atoms with van der Waals surface area (Å²) in [7, 11) is 0. The molecule has 0 spiro atoms. The zero-order valence-electron chi connectivity index (χ0n) is 9.73. The Kier molecular flexibility index (Phi) is 4.35. The second kappa shape index (κ2) is 5.54. The van der Waals surface area contributed by atoms with Crippen LogP contribution in [0.5, 0.6) is 5.75 Å². The van der Waals surface area contributed by atoms with Gasteiger partial charge in [0.15, 0.2) is 0 Å². The van der Waals surface area contributed by atoms with E-state index in [-0.39, 0.29) is 6.42 Å². The van der Waals surface area contributed by atoms with Gasteiger partial charge in [0.2, 0.25) is 0 Å². The van der Waals surface area contributed by atoms with Gasteiger partial charge in [-0.05, 0) is 36.0 Å². The predicted molar refractivity (Wildman–Crippen MR) is 62.6 cm³/mol. The van der Waals surface area contributed by atoms with Crippen LogP contribution in [0.4, 0.5) is 0 Å². The second-order valence-corrected chi connectivity index (χ2v) is 4.45. The molecule has 0 saturated carbocycles. The number of aryl methyl sites for hydroxylation is 1. The molecule has 0 bridgehead atoms. The van der Waals surface area contributed by atoms with Gasteiger partial charge in [-0.1, -0.05) is 26.0 Å². The van der Waals surface area contributed by atoms with Crippen LogP contribution in [0, 0.1) is 5.92 Å². The molecular formula is C13H18O3. The maximum atomic E-state index is 10.5. The van der Waals surface area contributed by atoms with Gasteiger partial charge in [0.1, 0.15) is 5.75 Å². The zero-order valence-corrected chi connectivity index (χ0v) is 9.73. The average molecular weight is 222 g/mol. The van der Waals surface area contributed by atoms with Gasteiger partial charge >= 0.3 is 5.97 Å². The molecule has 1 aromatic rings. The highest BCUT2D eigenvalue weighted by Crippen LogP contribution is 2.22. The summed E-state index contributed by atoms with van der Waals surface area (Å²) in [6.07, 6.45) is 1.46. The van der Waals surface area contributed by atoms with Crippen molar-refractivity contribution in [1.29, 1.82) is 0 Å². The van der Waals surface area contributed by atoms with Crippen molar-refractivity contribution in [3.63, 3.8) is 0 Å². The lowest BCUT2D eigenvalue weighted by Crippen LogP contribution is -1.99. The number of hydrogen-bond donors (Lipinski definition) is 2. The molecule has 0 aliphatic rings. The van der Waals surface area contributed by atoms with E-state index in [2.05, 4.69) is 13.8 Å². The highest BCUT2D eigenvalue weighted by atomic mass is 16.4. The highest BCUT2D eigenvalue weighted by molar-refractivity contribution is 5.67. The number of carboxylic acids is 1.